The van der Waals surface area contributed by atoms with Crippen LogP contribution in [0.5, 0.6) is 0 Å². The Kier molecular flexibility index (Phi) is 4.31. The molecular weight excluding hydrogens is 342 g/mol. The molecule has 0 saturated heterocycles. The fourth-order valence-corrected chi connectivity index (χ4v) is 3.67. The van der Waals surface area contributed by atoms with E-state index in [1.165, 1.54) is 6.20 Å². The van der Waals surface area contributed by atoms with E-state index in [4.69, 9.17) is 5.73 Å². The number of carbonyl (C=O) groups excluding carboxylic acids is 1. The highest BCUT2D eigenvalue weighted by Gasteiger charge is 2.29. The van der Waals surface area contributed by atoms with Gasteiger partial charge in [-0.1, -0.05) is 6.07 Å². The molecule has 27 heavy (non-hydrogen) atoms. The third-order valence-corrected chi connectivity index (χ3v) is 5.31. The quantitative estimate of drug-likeness (QED) is 0.659. The van der Waals surface area contributed by atoms with Gasteiger partial charge >= 0.3 is 0 Å². The summed E-state index contributed by atoms with van der Waals surface area (Å²) in [5, 5.41) is 18.0. The second-order valence-electron chi connectivity index (χ2n) is 7.51. The number of nitrogens with zero attached hydrogens (tertiary/aromatic N) is 3. The number of nitrogens with two attached hydrogens (primary N) is 1. The van der Waals surface area contributed by atoms with E-state index in [0.717, 1.165) is 42.3 Å². The Morgan fingerprint density at radius 1 is 1.33 bits per heavy atom. The van der Waals surface area contributed by atoms with Crippen molar-refractivity contribution in [3.63, 3.8) is 0 Å². The van der Waals surface area contributed by atoms with Crippen LogP contribution in [0, 0.1) is 0 Å². The summed E-state index contributed by atoms with van der Waals surface area (Å²) in [7, 11) is 0. The van der Waals surface area contributed by atoms with Crippen molar-refractivity contribution >= 4 is 17.1 Å². The van der Waals surface area contributed by atoms with Crippen LogP contribution in [-0.2, 0) is 0 Å². The zero-order valence-electron chi connectivity index (χ0n) is 15.2. The lowest BCUT2D eigenvalue weighted by atomic mass is 9.83. The summed E-state index contributed by atoms with van der Waals surface area (Å²) in [5.41, 5.74) is 8.78. The second-order valence-corrected chi connectivity index (χ2v) is 7.51. The van der Waals surface area contributed by atoms with Crippen LogP contribution in [0.2, 0.25) is 0 Å². The number of aliphatic hydroxyl groups is 1. The number of fused-ring (bicyclic) bond motifs is 1. The molecule has 7 nitrogen and oxygen atoms in total. The van der Waals surface area contributed by atoms with Gasteiger partial charge in [-0.2, -0.15) is 5.10 Å². The van der Waals surface area contributed by atoms with Crippen LogP contribution in [0.1, 0.15) is 43.0 Å². The summed E-state index contributed by atoms with van der Waals surface area (Å²) in [5.74, 6) is -0.514. The van der Waals surface area contributed by atoms with Crippen molar-refractivity contribution in [2.24, 2.45) is 5.73 Å². The number of rotatable bonds is 4. The Labute approximate surface area is 157 Å². The maximum atomic E-state index is 12.0. The lowest BCUT2D eigenvalue weighted by Gasteiger charge is -2.34. The molecule has 1 saturated carbocycles. The number of hydrogen-bond acceptors (Lipinski definition) is 5. The number of hydrogen-bond donors (Lipinski definition) is 3. The van der Waals surface area contributed by atoms with E-state index in [1.807, 2.05) is 31.3 Å². The summed E-state index contributed by atoms with van der Waals surface area (Å²) in [6, 6.07) is 6.02. The first kappa shape index (κ1) is 17.5. The van der Waals surface area contributed by atoms with E-state index < -0.39 is 11.5 Å². The van der Waals surface area contributed by atoms with Gasteiger partial charge in [0.2, 0.25) is 0 Å². The maximum absolute atomic E-state index is 12.0. The van der Waals surface area contributed by atoms with Crippen LogP contribution in [-0.4, -0.2) is 37.3 Å². The van der Waals surface area contributed by atoms with Crippen LogP contribution in [0.25, 0.3) is 16.6 Å². The van der Waals surface area contributed by atoms with Crippen LogP contribution >= 0.6 is 0 Å². The molecule has 0 aromatic carbocycles. The van der Waals surface area contributed by atoms with Gasteiger partial charge in [-0.25, -0.2) is 4.52 Å². The minimum absolute atomic E-state index is 0.172. The predicted octanol–water partition coefficient (Wildman–Crippen LogP) is 2.60. The molecule has 3 aromatic rings. The van der Waals surface area contributed by atoms with Gasteiger partial charge in [-0.05, 0) is 44.7 Å². The zero-order chi connectivity index (χ0) is 19.0. The maximum Gasteiger partial charge on any atom is 0.252 e. The normalized spacial score (nSPS) is 22.7. The number of anilines is 1. The van der Waals surface area contributed by atoms with Gasteiger partial charge in [0.15, 0.2) is 0 Å². The summed E-state index contributed by atoms with van der Waals surface area (Å²) in [6.45, 7) is 1.87. The van der Waals surface area contributed by atoms with Crippen LogP contribution in [0.4, 0.5) is 5.69 Å². The van der Waals surface area contributed by atoms with Gasteiger partial charge in [0.05, 0.1) is 28.6 Å². The summed E-state index contributed by atoms with van der Waals surface area (Å²) in [4.78, 5) is 16.1. The van der Waals surface area contributed by atoms with E-state index in [-0.39, 0.29) is 6.04 Å². The number of pyridine rings is 1. The van der Waals surface area contributed by atoms with E-state index in [0.29, 0.717) is 11.3 Å². The molecule has 0 radical (unpaired) electrons. The fraction of sp³-hybridized carbons (Fsp3) is 0.350. The van der Waals surface area contributed by atoms with Gasteiger partial charge in [-0.3, -0.25) is 9.78 Å². The average Bonchev–Trinajstić information content (AvgIpc) is 3.09. The monoisotopic (exact) mass is 365 g/mol. The molecule has 140 valence electrons. The molecule has 0 aliphatic heterocycles. The Morgan fingerprint density at radius 2 is 2.11 bits per heavy atom. The first-order chi connectivity index (χ1) is 12.9. The number of carbonyl (C=O) groups is 1. The fourth-order valence-electron chi connectivity index (χ4n) is 3.67. The van der Waals surface area contributed by atoms with Crippen LogP contribution in [0.3, 0.4) is 0 Å². The third kappa shape index (κ3) is 3.50. The Balaban J connectivity index is 1.73. The van der Waals surface area contributed by atoms with E-state index in [2.05, 4.69) is 15.4 Å². The lowest BCUT2D eigenvalue weighted by Crippen LogP contribution is -2.36. The van der Waals surface area contributed by atoms with Crippen molar-refractivity contribution in [1.82, 2.24) is 14.6 Å². The number of amides is 1. The molecule has 1 amide bonds. The zero-order valence-corrected chi connectivity index (χ0v) is 15.2. The largest absolute Gasteiger partial charge is 0.390 e. The molecule has 4 rings (SSSR count). The van der Waals surface area contributed by atoms with Crippen molar-refractivity contribution < 1.29 is 9.90 Å². The molecule has 1 fully saturated rings. The van der Waals surface area contributed by atoms with E-state index >= 15 is 0 Å². The number of primary amides is 1. The van der Waals surface area contributed by atoms with Gasteiger partial charge < -0.3 is 16.2 Å². The molecule has 4 N–H and O–H groups in total. The number of aromatic nitrogens is 3. The summed E-state index contributed by atoms with van der Waals surface area (Å²) < 4.78 is 1.75. The Hall–Kier alpha value is -2.93. The molecule has 7 heteroatoms. The number of nitrogens with one attached hydrogen (secondary N) is 1. The van der Waals surface area contributed by atoms with Crippen molar-refractivity contribution in [3.8, 4) is 11.1 Å². The molecule has 0 spiro atoms. The molecule has 0 unspecified atom stereocenters. The van der Waals surface area contributed by atoms with Crippen molar-refractivity contribution in [2.75, 3.05) is 5.32 Å². The first-order valence-corrected chi connectivity index (χ1v) is 9.13. The van der Waals surface area contributed by atoms with E-state index in [1.54, 1.807) is 16.9 Å². The minimum atomic E-state index is -0.610. The van der Waals surface area contributed by atoms with E-state index in [9.17, 15) is 9.90 Å². The molecule has 1 aliphatic rings. The van der Waals surface area contributed by atoms with Crippen molar-refractivity contribution in [3.05, 3.63) is 48.5 Å². The highest BCUT2D eigenvalue weighted by molar-refractivity contribution is 6.02. The average molecular weight is 365 g/mol. The van der Waals surface area contributed by atoms with Crippen molar-refractivity contribution in [1.29, 1.82) is 0 Å². The Bertz CT molecular complexity index is 971. The van der Waals surface area contributed by atoms with Crippen molar-refractivity contribution in [2.45, 2.75) is 44.2 Å². The highest BCUT2D eigenvalue weighted by Crippen LogP contribution is 2.33. The molecule has 0 bridgehead atoms. The Morgan fingerprint density at radius 3 is 2.78 bits per heavy atom. The second kappa shape index (κ2) is 6.66. The van der Waals surface area contributed by atoms with Gasteiger partial charge in [0, 0.05) is 35.8 Å². The third-order valence-electron chi connectivity index (χ3n) is 5.31. The minimum Gasteiger partial charge on any atom is -0.390 e. The predicted molar refractivity (Wildman–Crippen MR) is 103 cm³/mol. The van der Waals surface area contributed by atoms with Crippen LogP contribution in [0.15, 0.2) is 43.0 Å². The lowest BCUT2D eigenvalue weighted by molar-refractivity contribution is 0.0196. The van der Waals surface area contributed by atoms with Gasteiger partial charge in [0.1, 0.15) is 0 Å². The molecular formula is C20H23N5O2. The first-order valence-electron chi connectivity index (χ1n) is 9.13. The van der Waals surface area contributed by atoms with Gasteiger partial charge in [0.25, 0.3) is 5.91 Å². The standard InChI is InChI=1S/C20H23N5O2/c1-20(27)6-4-15(5-7-20)24-18-16(19(21)26)11-23-25-12-14(9-17(18)25)13-3-2-8-22-10-13/h2-3,8-12,15,24,27H,4-7H2,1H3,(H2,21,26). The summed E-state index contributed by atoms with van der Waals surface area (Å²) in [6.07, 6.45) is 10.0. The van der Waals surface area contributed by atoms with Crippen LogP contribution < -0.4 is 11.1 Å². The molecule has 3 aromatic heterocycles. The topological polar surface area (TPSA) is 106 Å². The summed E-state index contributed by atoms with van der Waals surface area (Å²) >= 11 is 0. The van der Waals surface area contributed by atoms with Gasteiger partial charge in [-0.15, -0.1) is 0 Å². The smallest absolute Gasteiger partial charge is 0.252 e. The molecule has 3 heterocycles. The molecule has 1 aliphatic carbocycles. The SMILES string of the molecule is CC1(O)CCC(Nc2c(C(N)=O)cnn3cc(-c4cccnc4)cc23)CC1. The molecule has 0 atom stereocenters. The highest BCUT2D eigenvalue weighted by atomic mass is 16.3.